The summed E-state index contributed by atoms with van der Waals surface area (Å²) in [6, 6.07) is -3.57. The van der Waals surface area contributed by atoms with Gasteiger partial charge in [-0.1, -0.05) is 27.7 Å². The first-order valence-corrected chi connectivity index (χ1v) is 9.69. The molecule has 9 heteroatoms. The van der Waals surface area contributed by atoms with Crippen molar-refractivity contribution < 1.29 is 24.3 Å². The molecular formula is C19H36N4O5. The lowest BCUT2D eigenvalue weighted by atomic mass is 10.0. The van der Waals surface area contributed by atoms with Crippen LogP contribution >= 0.6 is 0 Å². The van der Waals surface area contributed by atoms with Crippen molar-refractivity contribution in [2.24, 2.45) is 17.6 Å². The molecule has 28 heavy (non-hydrogen) atoms. The molecule has 3 amide bonds. The van der Waals surface area contributed by atoms with E-state index in [9.17, 15) is 24.3 Å². The lowest BCUT2D eigenvalue weighted by molar-refractivity contribution is -0.133. The molecule has 0 bridgehead atoms. The molecule has 0 aliphatic carbocycles. The van der Waals surface area contributed by atoms with E-state index in [1.807, 2.05) is 27.7 Å². The smallest absolute Gasteiger partial charge is 0.243 e. The predicted molar refractivity (Wildman–Crippen MR) is 106 cm³/mol. The molecule has 6 N–H and O–H groups in total. The fourth-order valence-corrected chi connectivity index (χ4v) is 2.53. The Morgan fingerprint density at radius 3 is 1.82 bits per heavy atom. The van der Waals surface area contributed by atoms with Gasteiger partial charge >= 0.3 is 0 Å². The second-order valence-electron chi connectivity index (χ2n) is 8.07. The van der Waals surface area contributed by atoms with Gasteiger partial charge < -0.3 is 31.6 Å². The molecule has 0 aromatic rings. The van der Waals surface area contributed by atoms with E-state index in [4.69, 9.17) is 5.73 Å². The largest absolute Gasteiger partial charge is 0.391 e. The zero-order valence-electron chi connectivity index (χ0n) is 17.7. The van der Waals surface area contributed by atoms with Crippen LogP contribution in [-0.4, -0.2) is 59.4 Å². The summed E-state index contributed by atoms with van der Waals surface area (Å²) in [5, 5.41) is 17.1. The first kappa shape index (κ1) is 26.0. The molecule has 0 aliphatic rings. The van der Waals surface area contributed by atoms with Crippen molar-refractivity contribution in [1.82, 2.24) is 16.0 Å². The van der Waals surface area contributed by atoms with Crippen LogP contribution in [0, 0.1) is 11.8 Å². The summed E-state index contributed by atoms with van der Waals surface area (Å²) in [7, 11) is 0. The highest BCUT2D eigenvalue weighted by atomic mass is 16.3. The van der Waals surface area contributed by atoms with Crippen molar-refractivity contribution >= 4 is 24.0 Å². The van der Waals surface area contributed by atoms with Gasteiger partial charge in [0.1, 0.15) is 24.4 Å². The third-order valence-electron chi connectivity index (χ3n) is 4.13. The monoisotopic (exact) mass is 400 g/mol. The van der Waals surface area contributed by atoms with Gasteiger partial charge in [0.2, 0.25) is 17.7 Å². The van der Waals surface area contributed by atoms with Crippen molar-refractivity contribution in [3.05, 3.63) is 0 Å². The van der Waals surface area contributed by atoms with E-state index >= 15 is 0 Å². The number of carbonyl (C=O) groups is 4. The quantitative estimate of drug-likeness (QED) is 0.278. The van der Waals surface area contributed by atoms with Crippen LogP contribution in [-0.2, 0) is 19.2 Å². The molecule has 0 fully saturated rings. The molecule has 0 saturated heterocycles. The molecule has 0 aromatic heterocycles. The Balaban J connectivity index is 5.01. The number of hydrogen-bond donors (Lipinski definition) is 5. The molecule has 0 aliphatic heterocycles. The van der Waals surface area contributed by atoms with Gasteiger partial charge in [-0.2, -0.15) is 0 Å². The molecule has 162 valence electrons. The van der Waals surface area contributed by atoms with Gasteiger partial charge in [-0.25, -0.2) is 0 Å². The van der Waals surface area contributed by atoms with Crippen molar-refractivity contribution in [3.8, 4) is 0 Å². The Bertz CT molecular complexity index is 536. The summed E-state index contributed by atoms with van der Waals surface area (Å²) in [5.74, 6) is -1.33. The van der Waals surface area contributed by atoms with Gasteiger partial charge in [0.15, 0.2) is 0 Å². The maximum Gasteiger partial charge on any atom is 0.243 e. The minimum atomic E-state index is -1.16. The standard InChI is InChI=1S/C19H36N4O5/c1-10(2)7-14(9-24)22-18(27)15(8-11(3)4)23-17(26)12(5)21-19(28)16(20)13(6)25/h9-16,25H,7-8,20H2,1-6H3,(H,21,28)(H,22,27)(H,23,26)/t12-,13+,14-,15-,16-/m0/s1. The van der Waals surface area contributed by atoms with E-state index in [-0.39, 0.29) is 11.8 Å². The minimum absolute atomic E-state index is 0.115. The molecule has 5 atom stereocenters. The van der Waals surface area contributed by atoms with Crippen molar-refractivity contribution in [1.29, 1.82) is 0 Å². The fourth-order valence-electron chi connectivity index (χ4n) is 2.53. The molecule has 0 heterocycles. The van der Waals surface area contributed by atoms with Gasteiger partial charge in [0.05, 0.1) is 12.1 Å². The number of carbonyl (C=O) groups excluding carboxylic acids is 4. The average Bonchev–Trinajstić information content (AvgIpc) is 2.58. The molecule has 0 aromatic carbocycles. The molecule has 9 nitrogen and oxygen atoms in total. The number of rotatable bonds is 12. The third kappa shape index (κ3) is 9.80. The highest BCUT2D eigenvalue weighted by Crippen LogP contribution is 2.08. The molecule has 0 unspecified atom stereocenters. The molecule has 0 saturated carbocycles. The van der Waals surface area contributed by atoms with Crippen molar-refractivity contribution in [2.45, 2.75) is 84.7 Å². The van der Waals surface area contributed by atoms with E-state index in [1.165, 1.54) is 13.8 Å². The second-order valence-corrected chi connectivity index (χ2v) is 8.07. The molecule has 0 rings (SSSR count). The number of aliphatic hydroxyl groups is 1. The lowest BCUT2D eigenvalue weighted by Crippen LogP contribution is -2.57. The molecular weight excluding hydrogens is 364 g/mol. The molecule has 0 radical (unpaired) electrons. The first-order chi connectivity index (χ1) is 12.9. The Kier molecular flexibility index (Phi) is 11.6. The highest BCUT2D eigenvalue weighted by molar-refractivity contribution is 5.93. The highest BCUT2D eigenvalue weighted by Gasteiger charge is 2.28. The minimum Gasteiger partial charge on any atom is -0.391 e. The van der Waals surface area contributed by atoms with Gasteiger partial charge in [-0.05, 0) is 38.5 Å². The van der Waals surface area contributed by atoms with E-state index in [2.05, 4.69) is 16.0 Å². The Morgan fingerprint density at radius 1 is 0.857 bits per heavy atom. The van der Waals surface area contributed by atoms with E-state index in [0.717, 1.165) is 0 Å². The van der Waals surface area contributed by atoms with Crippen molar-refractivity contribution in [3.63, 3.8) is 0 Å². The van der Waals surface area contributed by atoms with Gasteiger partial charge in [-0.3, -0.25) is 14.4 Å². The van der Waals surface area contributed by atoms with Crippen LogP contribution in [0.5, 0.6) is 0 Å². The van der Waals surface area contributed by atoms with Crippen LogP contribution in [0.1, 0.15) is 54.4 Å². The maximum absolute atomic E-state index is 12.6. The predicted octanol–water partition coefficient (Wildman–Crippen LogP) is -0.540. The number of amides is 3. The number of nitrogens with one attached hydrogen (secondary N) is 3. The van der Waals surface area contributed by atoms with E-state index < -0.39 is 48.0 Å². The average molecular weight is 401 g/mol. The first-order valence-electron chi connectivity index (χ1n) is 9.69. The Morgan fingerprint density at radius 2 is 1.39 bits per heavy atom. The van der Waals surface area contributed by atoms with E-state index in [0.29, 0.717) is 19.1 Å². The Labute approximate surface area is 167 Å². The summed E-state index contributed by atoms with van der Waals surface area (Å²) < 4.78 is 0. The van der Waals surface area contributed by atoms with Crippen LogP contribution < -0.4 is 21.7 Å². The maximum atomic E-state index is 12.6. The SMILES string of the molecule is CC(C)C[C@@H](C=O)NC(=O)[C@H](CC(C)C)NC(=O)[C@H](C)NC(=O)[C@@H](N)[C@@H](C)O. The van der Waals surface area contributed by atoms with Crippen LogP contribution in [0.4, 0.5) is 0 Å². The summed E-state index contributed by atoms with van der Waals surface area (Å²) >= 11 is 0. The van der Waals surface area contributed by atoms with Gasteiger partial charge in [-0.15, -0.1) is 0 Å². The number of aldehydes is 1. The lowest BCUT2D eigenvalue weighted by Gasteiger charge is -2.25. The molecule has 0 spiro atoms. The van der Waals surface area contributed by atoms with Crippen LogP contribution in [0.15, 0.2) is 0 Å². The zero-order chi connectivity index (χ0) is 22.0. The number of nitrogens with two attached hydrogens (primary N) is 1. The van der Waals surface area contributed by atoms with Gasteiger partial charge in [0, 0.05) is 0 Å². The number of aliphatic hydroxyl groups excluding tert-OH is 1. The fraction of sp³-hybridized carbons (Fsp3) is 0.789. The van der Waals surface area contributed by atoms with Crippen LogP contribution in [0.3, 0.4) is 0 Å². The second kappa shape index (κ2) is 12.5. The van der Waals surface area contributed by atoms with Crippen molar-refractivity contribution in [2.75, 3.05) is 0 Å². The summed E-state index contributed by atoms with van der Waals surface area (Å²) in [5.41, 5.74) is 5.54. The summed E-state index contributed by atoms with van der Waals surface area (Å²) in [6.07, 6.45) is 0.503. The normalized spacial score (nSPS) is 16.6. The van der Waals surface area contributed by atoms with Crippen LogP contribution in [0.25, 0.3) is 0 Å². The Hall–Kier alpha value is -2.00. The number of hydrogen-bond acceptors (Lipinski definition) is 6. The van der Waals surface area contributed by atoms with E-state index in [1.54, 1.807) is 0 Å². The summed E-state index contributed by atoms with van der Waals surface area (Å²) in [6.45, 7) is 10.5. The zero-order valence-corrected chi connectivity index (χ0v) is 17.7. The van der Waals surface area contributed by atoms with Crippen LogP contribution in [0.2, 0.25) is 0 Å². The topological polar surface area (TPSA) is 151 Å². The summed E-state index contributed by atoms with van der Waals surface area (Å²) in [4.78, 5) is 48.1. The van der Waals surface area contributed by atoms with Gasteiger partial charge in [0.25, 0.3) is 0 Å². The third-order valence-corrected chi connectivity index (χ3v) is 4.13.